The van der Waals surface area contributed by atoms with Gasteiger partial charge in [-0.3, -0.25) is 0 Å². The minimum Gasteiger partial charge on any atom is -0.478 e. The van der Waals surface area contributed by atoms with Crippen LogP contribution in [0.5, 0.6) is 0 Å². The summed E-state index contributed by atoms with van der Waals surface area (Å²) in [4.78, 5) is 10.3. The fourth-order valence-electron chi connectivity index (χ4n) is 1.66. The molecule has 0 saturated carbocycles. The van der Waals surface area contributed by atoms with Crippen LogP contribution in [-0.2, 0) is 9.53 Å². The van der Waals surface area contributed by atoms with E-state index in [0.29, 0.717) is 5.92 Å². The molecule has 0 aromatic rings. The van der Waals surface area contributed by atoms with Crippen LogP contribution in [0.15, 0.2) is 12.2 Å². The quantitative estimate of drug-likeness (QED) is 0.666. The van der Waals surface area contributed by atoms with E-state index >= 15 is 0 Å². The second-order valence-electron chi connectivity index (χ2n) is 4.06. The molecule has 0 radical (unpaired) electrons. The fourth-order valence-corrected chi connectivity index (χ4v) is 1.66. The van der Waals surface area contributed by atoms with Crippen molar-refractivity contribution in [3.63, 3.8) is 0 Å². The van der Waals surface area contributed by atoms with E-state index in [0.717, 1.165) is 19.4 Å². The lowest BCUT2D eigenvalue weighted by atomic mass is 9.88. The number of aliphatic carboxylic acids is 1. The minimum atomic E-state index is -0.871. The Kier molecular flexibility index (Phi) is 3.09. The number of rotatable bonds is 2. The largest absolute Gasteiger partial charge is 0.478 e. The number of carboxylic acid groups (broad SMARTS) is 1. The van der Waals surface area contributed by atoms with E-state index in [-0.39, 0.29) is 5.60 Å². The Morgan fingerprint density at radius 1 is 1.62 bits per heavy atom. The molecule has 13 heavy (non-hydrogen) atoms. The van der Waals surface area contributed by atoms with Gasteiger partial charge in [0.1, 0.15) is 0 Å². The van der Waals surface area contributed by atoms with Crippen LogP contribution in [-0.4, -0.2) is 23.3 Å². The highest BCUT2D eigenvalue weighted by Crippen LogP contribution is 2.29. The lowest BCUT2D eigenvalue weighted by Crippen LogP contribution is -2.33. The third kappa shape index (κ3) is 3.59. The van der Waals surface area contributed by atoms with E-state index < -0.39 is 5.97 Å². The lowest BCUT2D eigenvalue weighted by molar-refractivity contribution is -0.131. The molecule has 1 atom stereocenters. The molecule has 0 aromatic carbocycles. The van der Waals surface area contributed by atoms with Crippen LogP contribution in [0.4, 0.5) is 0 Å². The van der Waals surface area contributed by atoms with Gasteiger partial charge in [-0.1, -0.05) is 6.08 Å². The first-order valence-electron chi connectivity index (χ1n) is 4.55. The lowest BCUT2D eigenvalue weighted by Gasteiger charge is -2.34. The normalized spacial score (nSPS) is 27.7. The number of ether oxygens (including phenoxy) is 1. The molecule has 0 bridgehead atoms. The molecule has 0 aliphatic carbocycles. The van der Waals surface area contributed by atoms with Gasteiger partial charge in [0.05, 0.1) is 5.60 Å². The Morgan fingerprint density at radius 3 is 2.85 bits per heavy atom. The van der Waals surface area contributed by atoms with Gasteiger partial charge in [0.15, 0.2) is 0 Å². The van der Waals surface area contributed by atoms with Crippen molar-refractivity contribution in [3.8, 4) is 0 Å². The molecule has 1 aliphatic rings. The van der Waals surface area contributed by atoms with E-state index in [2.05, 4.69) is 0 Å². The van der Waals surface area contributed by atoms with Gasteiger partial charge in [0, 0.05) is 12.7 Å². The zero-order valence-electron chi connectivity index (χ0n) is 8.12. The van der Waals surface area contributed by atoms with Gasteiger partial charge in [-0.05, 0) is 32.6 Å². The standard InChI is InChI=1S/C10H16O3/c1-10(2)7-8(5-6-13-10)3-4-9(11)12/h3-4,8H,5-7H2,1-2H3,(H,11,12)/b4-3+. The maximum atomic E-state index is 10.3. The number of allylic oxidation sites excluding steroid dienone is 1. The van der Waals surface area contributed by atoms with Crippen LogP contribution >= 0.6 is 0 Å². The van der Waals surface area contributed by atoms with Crippen molar-refractivity contribution in [2.45, 2.75) is 32.3 Å². The SMILES string of the molecule is CC1(C)CC(/C=C/C(=O)O)CCO1. The second-order valence-corrected chi connectivity index (χ2v) is 4.06. The Bertz CT molecular complexity index is 218. The predicted octanol–water partition coefficient (Wildman–Crippen LogP) is 1.83. The van der Waals surface area contributed by atoms with Gasteiger partial charge in [-0.25, -0.2) is 4.79 Å². The molecule has 74 valence electrons. The van der Waals surface area contributed by atoms with E-state index in [1.54, 1.807) is 6.08 Å². The number of hydrogen-bond donors (Lipinski definition) is 1. The first-order chi connectivity index (χ1) is 5.99. The van der Waals surface area contributed by atoms with Crippen LogP contribution in [0.3, 0.4) is 0 Å². The monoisotopic (exact) mass is 184 g/mol. The zero-order chi connectivity index (χ0) is 9.90. The molecule has 0 amide bonds. The van der Waals surface area contributed by atoms with Gasteiger partial charge in [-0.2, -0.15) is 0 Å². The van der Waals surface area contributed by atoms with E-state index in [1.165, 1.54) is 6.08 Å². The van der Waals surface area contributed by atoms with Gasteiger partial charge in [-0.15, -0.1) is 0 Å². The summed E-state index contributed by atoms with van der Waals surface area (Å²) < 4.78 is 5.52. The van der Waals surface area contributed by atoms with Crippen LogP contribution in [0.1, 0.15) is 26.7 Å². The first-order valence-corrected chi connectivity index (χ1v) is 4.55. The van der Waals surface area contributed by atoms with E-state index in [1.807, 2.05) is 13.8 Å². The molecule has 0 aromatic heterocycles. The summed E-state index contributed by atoms with van der Waals surface area (Å²) in [5.74, 6) is -0.524. The average molecular weight is 184 g/mol. The molecular formula is C10H16O3. The summed E-state index contributed by atoms with van der Waals surface area (Å²) in [5, 5.41) is 8.46. The maximum Gasteiger partial charge on any atom is 0.327 e. The summed E-state index contributed by atoms with van der Waals surface area (Å²) in [6, 6.07) is 0. The summed E-state index contributed by atoms with van der Waals surface area (Å²) >= 11 is 0. The molecule has 3 nitrogen and oxygen atoms in total. The first kappa shape index (κ1) is 10.3. The van der Waals surface area contributed by atoms with Crippen LogP contribution in [0.2, 0.25) is 0 Å². The van der Waals surface area contributed by atoms with Gasteiger partial charge < -0.3 is 9.84 Å². The third-order valence-electron chi connectivity index (χ3n) is 2.25. The van der Waals surface area contributed by atoms with Gasteiger partial charge >= 0.3 is 5.97 Å². The Hall–Kier alpha value is -0.830. The second kappa shape index (κ2) is 3.92. The predicted molar refractivity (Wildman–Crippen MR) is 49.5 cm³/mol. The van der Waals surface area contributed by atoms with Crippen molar-refractivity contribution in [2.24, 2.45) is 5.92 Å². The van der Waals surface area contributed by atoms with Crippen LogP contribution in [0.25, 0.3) is 0 Å². The molecule has 1 saturated heterocycles. The summed E-state index contributed by atoms with van der Waals surface area (Å²) in [5.41, 5.74) is -0.105. The molecular weight excluding hydrogens is 168 g/mol. The Morgan fingerprint density at radius 2 is 2.31 bits per heavy atom. The summed E-state index contributed by atoms with van der Waals surface area (Å²) in [6.45, 7) is 4.79. The molecule has 1 rings (SSSR count). The highest BCUT2D eigenvalue weighted by molar-refractivity contribution is 5.79. The number of carboxylic acids is 1. The van der Waals surface area contributed by atoms with Crippen molar-refractivity contribution in [3.05, 3.63) is 12.2 Å². The van der Waals surface area contributed by atoms with Crippen LogP contribution < -0.4 is 0 Å². The molecule has 1 unspecified atom stereocenters. The van der Waals surface area contributed by atoms with Crippen molar-refractivity contribution in [1.82, 2.24) is 0 Å². The molecule has 1 aliphatic heterocycles. The smallest absolute Gasteiger partial charge is 0.327 e. The van der Waals surface area contributed by atoms with Crippen molar-refractivity contribution in [1.29, 1.82) is 0 Å². The molecule has 1 N–H and O–H groups in total. The highest BCUT2D eigenvalue weighted by Gasteiger charge is 2.27. The van der Waals surface area contributed by atoms with Gasteiger partial charge in [0.2, 0.25) is 0 Å². The third-order valence-corrected chi connectivity index (χ3v) is 2.25. The van der Waals surface area contributed by atoms with E-state index in [9.17, 15) is 4.79 Å². The van der Waals surface area contributed by atoms with Crippen molar-refractivity contribution >= 4 is 5.97 Å². The van der Waals surface area contributed by atoms with Crippen molar-refractivity contribution in [2.75, 3.05) is 6.61 Å². The highest BCUT2D eigenvalue weighted by atomic mass is 16.5. The maximum absolute atomic E-state index is 10.3. The molecule has 1 fully saturated rings. The average Bonchev–Trinajstić information content (AvgIpc) is 1.99. The Labute approximate surface area is 78.4 Å². The van der Waals surface area contributed by atoms with Gasteiger partial charge in [0.25, 0.3) is 0 Å². The van der Waals surface area contributed by atoms with Crippen LogP contribution in [0, 0.1) is 5.92 Å². The van der Waals surface area contributed by atoms with E-state index in [4.69, 9.17) is 9.84 Å². The number of hydrogen-bond acceptors (Lipinski definition) is 2. The summed E-state index contributed by atoms with van der Waals surface area (Å²) in [7, 11) is 0. The fraction of sp³-hybridized carbons (Fsp3) is 0.700. The number of carbonyl (C=O) groups is 1. The molecule has 0 spiro atoms. The Balaban J connectivity index is 2.48. The molecule has 3 heteroatoms. The topological polar surface area (TPSA) is 46.5 Å². The zero-order valence-corrected chi connectivity index (χ0v) is 8.12. The summed E-state index contributed by atoms with van der Waals surface area (Å²) in [6.07, 6.45) is 4.82. The minimum absolute atomic E-state index is 0.105. The molecule has 1 heterocycles. The van der Waals surface area contributed by atoms with Crippen molar-refractivity contribution < 1.29 is 14.6 Å².